The van der Waals surface area contributed by atoms with E-state index in [1.165, 1.54) is 11.9 Å². The zero-order valence-corrected chi connectivity index (χ0v) is 17.6. The summed E-state index contributed by atoms with van der Waals surface area (Å²) < 4.78 is 7.68. The van der Waals surface area contributed by atoms with Gasteiger partial charge in [-0.05, 0) is 55.0 Å². The third-order valence-electron chi connectivity index (χ3n) is 5.07. The molecule has 5 rings (SSSR count). The summed E-state index contributed by atoms with van der Waals surface area (Å²) in [7, 11) is 0. The lowest BCUT2D eigenvalue weighted by molar-refractivity contribution is 0.306. The maximum absolute atomic E-state index is 6.03. The second kappa shape index (κ2) is 8.20. The van der Waals surface area contributed by atoms with Crippen LogP contribution in [-0.4, -0.2) is 19.6 Å². The third kappa shape index (κ3) is 4.13. The Labute approximate surface area is 184 Å². The van der Waals surface area contributed by atoms with Crippen molar-refractivity contribution >= 4 is 17.4 Å². The summed E-state index contributed by atoms with van der Waals surface area (Å²) in [6, 6.07) is 25.9. The topological polar surface area (TPSA) is 52.3 Å². The Morgan fingerprint density at radius 1 is 0.871 bits per heavy atom. The van der Waals surface area contributed by atoms with Crippen LogP contribution in [0.4, 0.5) is 0 Å². The molecule has 0 saturated carbocycles. The summed E-state index contributed by atoms with van der Waals surface area (Å²) in [5.74, 6) is 1.35. The van der Waals surface area contributed by atoms with Crippen LogP contribution in [0.3, 0.4) is 0 Å². The molecule has 0 amide bonds. The van der Waals surface area contributed by atoms with Gasteiger partial charge < -0.3 is 4.74 Å². The molecule has 0 bridgehead atoms. The normalized spacial score (nSPS) is 11.0. The van der Waals surface area contributed by atoms with Gasteiger partial charge in [0.2, 0.25) is 0 Å². The van der Waals surface area contributed by atoms with Gasteiger partial charge in [0.15, 0.2) is 0 Å². The van der Waals surface area contributed by atoms with Crippen LogP contribution in [-0.2, 0) is 6.61 Å². The number of aryl methyl sites for hydroxylation is 1. The van der Waals surface area contributed by atoms with Gasteiger partial charge in [-0.25, -0.2) is 4.98 Å². The highest BCUT2D eigenvalue weighted by molar-refractivity contribution is 6.30. The predicted molar refractivity (Wildman–Crippen MR) is 122 cm³/mol. The van der Waals surface area contributed by atoms with E-state index in [1.54, 1.807) is 4.52 Å². The van der Waals surface area contributed by atoms with Crippen LogP contribution in [0.2, 0.25) is 5.02 Å². The number of halogens is 1. The molecular formula is C25H19ClN4O. The first-order chi connectivity index (χ1) is 15.2. The van der Waals surface area contributed by atoms with E-state index in [1.807, 2.05) is 54.6 Å². The van der Waals surface area contributed by atoms with Gasteiger partial charge in [0, 0.05) is 16.1 Å². The van der Waals surface area contributed by atoms with Gasteiger partial charge in [-0.15, -0.1) is 0 Å². The second-order valence-electron chi connectivity index (χ2n) is 7.30. The largest absolute Gasteiger partial charge is 0.489 e. The summed E-state index contributed by atoms with van der Waals surface area (Å²) in [6.45, 7) is 2.61. The molecule has 0 radical (unpaired) electrons. The lowest BCUT2D eigenvalue weighted by atomic mass is 10.1. The highest BCUT2D eigenvalue weighted by atomic mass is 35.5. The quantitative estimate of drug-likeness (QED) is 0.346. The molecule has 0 saturated heterocycles. The summed E-state index contributed by atoms with van der Waals surface area (Å²) in [6.07, 6.45) is 1.51. The Hall–Kier alpha value is -3.70. The molecule has 5 aromatic rings. The van der Waals surface area contributed by atoms with Crippen molar-refractivity contribution in [1.82, 2.24) is 19.6 Å². The monoisotopic (exact) mass is 426 g/mol. The lowest BCUT2D eigenvalue weighted by Gasteiger charge is -2.10. The third-order valence-corrected chi connectivity index (χ3v) is 5.32. The van der Waals surface area contributed by atoms with Gasteiger partial charge in [0.25, 0.3) is 5.78 Å². The summed E-state index contributed by atoms with van der Waals surface area (Å²) in [5.41, 5.74) is 6.05. The maximum Gasteiger partial charge on any atom is 0.253 e. The average molecular weight is 427 g/mol. The van der Waals surface area contributed by atoms with Crippen molar-refractivity contribution in [2.75, 3.05) is 0 Å². The van der Waals surface area contributed by atoms with Gasteiger partial charge >= 0.3 is 0 Å². The van der Waals surface area contributed by atoms with E-state index in [0.717, 1.165) is 33.8 Å². The van der Waals surface area contributed by atoms with Crippen molar-refractivity contribution < 1.29 is 4.74 Å². The molecule has 5 nitrogen and oxygen atoms in total. The van der Waals surface area contributed by atoms with Crippen LogP contribution in [0.1, 0.15) is 11.1 Å². The fourth-order valence-corrected chi connectivity index (χ4v) is 3.49. The molecule has 0 aliphatic carbocycles. The number of fused-ring (bicyclic) bond motifs is 1. The highest BCUT2D eigenvalue weighted by Crippen LogP contribution is 2.28. The van der Waals surface area contributed by atoms with Crippen LogP contribution in [0.25, 0.3) is 28.3 Å². The molecule has 2 heterocycles. The van der Waals surface area contributed by atoms with Gasteiger partial charge in [-0.3, -0.25) is 0 Å². The van der Waals surface area contributed by atoms with Gasteiger partial charge in [0.1, 0.15) is 18.7 Å². The number of benzene rings is 3. The second-order valence-corrected chi connectivity index (χ2v) is 7.74. The van der Waals surface area contributed by atoms with Gasteiger partial charge in [-0.1, -0.05) is 53.6 Å². The standard InChI is InChI=1S/C25H19ClN4O/c1-17-2-4-18(5-3-17)15-31-22-12-8-20(9-13-22)24-14-23(19-6-10-21(26)11-7-19)29-25-27-16-28-30(24)25/h2-14,16H,15H2,1H3. The van der Waals surface area contributed by atoms with Crippen LogP contribution < -0.4 is 4.74 Å². The summed E-state index contributed by atoms with van der Waals surface area (Å²) >= 11 is 6.03. The molecule has 3 aromatic carbocycles. The van der Waals surface area contributed by atoms with Crippen LogP contribution in [0, 0.1) is 6.92 Å². The smallest absolute Gasteiger partial charge is 0.253 e. The maximum atomic E-state index is 6.03. The van der Waals surface area contributed by atoms with E-state index in [2.05, 4.69) is 46.3 Å². The lowest BCUT2D eigenvalue weighted by Crippen LogP contribution is -1.99. The molecule has 0 unspecified atom stereocenters. The van der Waals surface area contributed by atoms with Crippen molar-refractivity contribution in [3.8, 4) is 28.3 Å². The Balaban J connectivity index is 1.44. The van der Waals surface area contributed by atoms with E-state index in [4.69, 9.17) is 16.3 Å². The minimum Gasteiger partial charge on any atom is -0.489 e. The van der Waals surface area contributed by atoms with E-state index >= 15 is 0 Å². The first-order valence-corrected chi connectivity index (χ1v) is 10.3. The molecule has 0 spiro atoms. The van der Waals surface area contributed by atoms with Gasteiger partial charge in [-0.2, -0.15) is 14.6 Å². The molecule has 0 N–H and O–H groups in total. The van der Waals surface area contributed by atoms with Crippen molar-refractivity contribution in [3.63, 3.8) is 0 Å². The Kier molecular flexibility index (Phi) is 5.10. The first-order valence-electron chi connectivity index (χ1n) is 9.91. The van der Waals surface area contributed by atoms with Crippen molar-refractivity contribution in [2.45, 2.75) is 13.5 Å². The zero-order valence-electron chi connectivity index (χ0n) is 16.9. The van der Waals surface area contributed by atoms with Crippen LogP contribution in [0.5, 0.6) is 5.75 Å². The van der Waals surface area contributed by atoms with Crippen molar-refractivity contribution in [3.05, 3.63) is 101 Å². The zero-order chi connectivity index (χ0) is 21.2. The minimum atomic E-state index is 0.531. The Morgan fingerprint density at radius 2 is 1.58 bits per heavy atom. The van der Waals surface area contributed by atoms with E-state index < -0.39 is 0 Å². The number of ether oxygens (including phenoxy) is 1. The summed E-state index contributed by atoms with van der Waals surface area (Å²) in [4.78, 5) is 8.91. The molecule has 31 heavy (non-hydrogen) atoms. The Bertz CT molecular complexity index is 1330. The predicted octanol–water partition coefficient (Wildman–Crippen LogP) is 6.00. The van der Waals surface area contributed by atoms with E-state index in [-0.39, 0.29) is 0 Å². The molecule has 0 aliphatic rings. The van der Waals surface area contributed by atoms with Crippen LogP contribution in [0.15, 0.2) is 85.2 Å². The van der Waals surface area contributed by atoms with Gasteiger partial charge in [0.05, 0.1) is 11.4 Å². The molecule has 2 aromatic heterocycles. The number of aromatic nitrogens is 4. The minimum absolute atomic E-state index is 0.531. The summed E-state index contributed by atoms with van der Waals surface area (Å²) in [5, 5.41) is 5.03. The number of nitrogens with zero attached hydrogens (tertiary/aromatic N) is 4. The fraction of sp³-hybridized carbons (Fsp3) is 0.0800. The fourth-order valence-electron chi connectivity index (χ4n) is 3.36. The molecule has 0 aliphatic heterocycles. The van der Waals surface area contributed by atoms with Crippen molar-refractivity contribution in [1.29, 1.82) is 0 Å². The number of hydrogen-bond donors (Lipinski definition) is 0. The van der Waals surface area contributed by atoms with Crippen molar-refractivity contribution in [2.24, 2.45) is 0 Å². The highest BCUT2D eigenvalue weighted by Gasteiger charge is 2.11. The van der Waals surface area contributed by atoms with E-state index in [9.17, 15) is 0 Å². The number of hydrogen-bond acceptors (Lipinski definition) is 4. The SMILES string of the molecule is Cc1ccc(COc2ccc(-c3cc(-c4ccc(Cl)cc4)nc4ncnn34)cc2)cc1. The average Bonchev–Trinajstić information content (AvgIpc) is 3.28. The van der Waals surface area contributed by atoms with Crippen LogP contribution >= 0.6 is 11.6 Å². The first kappa shape index (κ1) is 19.3. The molecule has 0 fully saturated rings. The van der Waals surface area contributed by atoms with E-state index in [0.29, 0.717) is 17.4 Å². The molecule has 152 valence electrons. The number of rotatable bonds is 5. The molecule has 6 heteroatoms. The molecule has 0 atom stereocenters. The molecular weight excluding hydrogens is 408 g/mol. The Morgan fingerprint density at radius 3 is 2.32 bits per heavy atom.